The zero-order valence-electron chi connectivity index (χ0n) is 11.2. The van der Waals surface area contributed by atoms with Gasteiger partial charge in [0.1, 0.15) is 5.76 Å². The first-order valence-electron chi connectivity index (χ1n) is 6.65. The van der Waals surface area contributed by atoms with Crippen LogP contribution in [0.3, 0.4) is 0 Å². The van der Waals surface area contributed by atoms with Crippen LogP contribution in [0, 0.1) is 0 Å². The van der Waals surface area contributed by atoms with Crippen molar-refractivity contribution in [3.8, 4) is 0 Å². The molecule has 2 unspecified atom stereocenters. The standard InChI is InChI=1S/C14H21N3O2/c1-12(5-6-14-4-2-9-19-14)15-10-13(18)11-17-8-3-7-16-17/h2-4,7-9,12-13,15,18H,5-6,10-11H2,1H3. The number of nitrogens with one attached hydrogen (secondary N) is 1. The van der Waals surface area contributed by atoms with Crippen LogP contribution in [0.5, 0.6) is 0 Å². The van der Waals surface area contributed by atoms with Gasteiger partial charge in [0.05, 0.1) is 18.9 Å². The molecule has 2 aromatic heterocycles. The third kappa shape index (κ3) is 4.89. The van der Waals surface area contributed by atoms with Gasteiger partial charge in [-0.25, -0.2) is 0 Å². The molecule has 0 amide bonds. The number of hydrogen-bond acceptors (Lipinski definition) is 4. The summed E-state index contributed by atoms with van der Waals surface area (Å²) in [6.45, 7) is 3.20. The van der Waals surface area contributed by atoms with Crippen molar-refractivity contribution in [3.63, 3.8) is 0 Å². The molecule has 2 rings (SSSR count). The highest BCUT2D eigenvalue weighted by Gasteiger charge is 2.08. The first-order chi connectivity index (χ1) is 9.24. The van der Waals surface area contributed by atoms with Gasteiger partial charge in [-0.15, -0.1) is 0 Å². The highest BCUT2D eigenvalue weighted by Crippen LogP contribution is 2.05. The minimum absolute atomic E-state index is 0.345. The Hall–Kier alpha value is -1.59. The zero-order valence-corrected chi connectivity index (χ0v) is 11.2. The topological polar surface area (TPSA) is 63.2 Å². The third-order valence-electron chi connectivity index (χ3n) is 3.06. The minimum atomic E-state index is -0.425. The van der Waals surface area contributed by atoms with Crippen molar-refractivity contribution in [1.29, 1.82) is 0 Å². The summed E-state index contributed by atoms with van der Waals surface area (Å²) in [6, 6.07) is 6.09. The van der Waals surface area contributed by atoms with Gasteiger partial charge in [0, 0.05) is 31.4 Å². The fourth-order valence-corrected chi connectivity index (χ4v) is 1.94. The summed E-state index contributed by atoms with van der Waals surface area (Å²) in [7, 11) is 0. The van der Waals surface area contributed by atoms with Crippen molar-refractivity contribution in [3.05, 3.63) is 42.6 Å². The minimum Gasteiger partial charge on any atom is -0.469 e. The van der Waals surface area contributed by atoms with Crippen LogP contribution in [-0.2, 0) is 13.0 Å². The van der Waals surface area contributed by atoms with Crippen molar-refractivity contribution in [2.24, 2.45) is 0 Å². The zero-order chi connectivity index (χ0) is 13.5. The number of aromatic nitrogens is 2. The lowest BCUT2D eigenvalue weighted by Crippen LogP contribution is -2.36. The Morgan fingerprint density at radius 1 is 1.47 bits per heavy atom. The van der Waals surface area contributed by atoms with Crippen molar-refractivity contribution < 1.29 is 9.52 Å². The first kappa shape index (κ1) is 13.8. The number of aryl methyl sites for hydroxylation is 1. The third-order valence-corrected chi connectivity index (χ3v) is 3.06. The molecule has 0 aliphatic carbocycles. The summed E-state index contributed by atoms with van der Waals surface area (Å²) in [6.07, 6.45) is 6.74. The predicted molar refractivity (Wildman–Crippen MR) is 72.7 cm³/mol. The number of aliphatic hydroxyl groups is 1. The molecule has 0 fully saturated rings. The molecule has 0 radical (unpaired) electrons. The maximum Gasteiger partial charge on any atom is 0.103 e. The van der Waals surface area contributed by atoms with Crippen molar-refractivity contribution in [2.75, 3.05) is 6.54 Å². The number of hydrogen-bond donors (Lipinski definition) is 2. The van der Waals surface area contributed by atoms with E-state index in [-0.39, 0.29) is 0 Å². The number of aliphatic hydroxyl groups excluding tert-OH is 1. The van der Waals surface area contributed by atoms with E-state index in [9.17, 15) is 5.11 Å². The normalized spacial score (nSPS) is 14.4. The van der Waals surface area contributed by atoms with Gasteiger partial charge in [0.2, 0.25) is 0 Å². The Kier molecular flexibility index (Phi) is 5.18. The average Bonchev–Trinajstić information content (AvgIpc) is 3.06. The molecule has 104 valence electrons. The summed E-state index contributed by atoms with van der Waals surface area (Å²) in [5.41, 5.74) is 0. The second-order valence-electron chi connectivity index (χ2n) is 4.81. The maximum absolute atomic E-state index is 9.88. The molecule has 2 N–H and O–H groups in total. The van der Waals surface area contributed by atoms with Crippen molar-refractivity contribution >= 4 is 0 Å². The van der Waals surface area contributed by atoms with Crippen LogP contribution in [0.1, 0.15) is 19.1 Å². The Morgan fingerprint density at radius 3 is 3.05 bits per heavy atom. The Labute approximate surface area is 113 Å². The molecule has 0 aromatic carbocycles. The van der Waals surface area contributed by atoms with E-state index in [4.69, 9.17) is 4.42 Å². The number of furan rings is 1. The van der Waals surface area contributed by atoms with E-state index in [2.05, 4.69) is 17.3 Å². The summed E-state index contributed by atoms with van der Waals surface area (Å²) in [5, 5.41) is 17.3. The van der Waals surface area contributed by atoms with Gasteiger partial charge >= 0.3 is 0 Å². The quantitative estimate of drug-likeness (QED) is 0.756. The molecule has 5 nitrogen and oxygen atoms in total. The van der Waals surface area contributed by atoms with Gasteiger partial charge in [-0.3, -0.25) is 4.68 Å². The summed E-state index contributed by atoms with van der Waals surface area (Å²) >= 11 is 0. The highest BCUT2D eigenvalue weighted by atomic mass is 16.3. The second kappa shape index (κ2) is 7.11. The molecule has 0 saturated heterocycles. The molecular formula is C14H21N3O2. The van der Waals surface area contributed by atoms with Gasteiger partial charge in [-0.1, -0.05) is 0 Å². The van der Waals surface area contributed by atoms with Crippen molar-refractivity contribution in [2.45, 2.75) is 38.5 Å². The summed E-state index contributed by atoms with van der Waals surface area (Å²) in [4.78, 5) is 0. The molecule has 0 aliphatic rings. The van der Waals surface area contributed by atoms with E-state index in [1.807, 2.05) is 24.4 Å². The molecule has 19 heavy (non-hydrogen) atoms. The van der Waals surface area contributed by atoms with E-state index < -0.39 is 6.10 Å². The molecule has 0 spiro atoms. The molecule has 0 bridgehead atoms. The van der Waals surface area contributed by atoms with E-state index in [1.54, 1.807) is 17.1 Å². The van der Waals surface area contributed by atoms with Crippen LogP contribution in [-0.4, -0.2) is 33.6 Å². The molecule has 0 aliphatic heterocycles. The highest BCUT2D eigenvalue weighted by molar-refractivity contribution is 4.98. The maximum atomic E-state index is 9.88. The smallest absolute Gasteiger partial charge is 0.103 e. The van der Waals surface area contributed by atoms with Gasteiger partial charge in [-0.2, -0.15) is 5.10 Å². The second-order valence-corrected chi connectivity index (χ2v) is 4.81. The average molecular weight is 263 g/mol. The van der Waals surface area contributed by atoms with Gasteiger partial charge < -0.3 is 14.8 Å². The largest absolute Gasteiger partial charge is 0.469 e. The first-order valence-corrected chi connectivity index (χ1v) is 6.65. The van der Waals surface area contributed by atoms with Gasteiger partial charge in [-0.05, 0) is 31.5 Å². The van der Waals surface area contributed by atoms with E-state index in [1.165, 1.54) is 0 Å². The monoisotopic (exact) mass is 263 g/mol. The van der Waals surface area contributed by atoms with Crippen LogP contribution in [0.25, 0.3) is 0 Å². The van der Waals surface area contributed by atoms with E-state index in [0.717, 1.165) is 18.6 Å². The Bertz CT molecular complexity index is 439. The van der Waals surface area contributed by atoms with Gasteiger partial charge in [0.25, 0.3) is 0 Å². The molecular weight excluding hydrogens is 242 g/mol. The Balaban J connectivity index is 1.61. The molecule has 0 saturated carbocycles. The van der Waals surface area contributed by atoms with Crippen LogP contribution in [0.4, 0.5) is 0 Å². The molecule has 2 heterocycles. The van der Waals surface area contributed by atoms with Crippen molar-refractivity contribution in [1.82, 2.24) is 15.1 Å². The number of rotatable bonds is 8. The lowest BCUT2D eigenvalue weighted by atomic mass is 10.1. The predicted octanol–water partition coefficient (Wildman–Crippen LogP) is 1.45. The van der Waals surface area contributed by atoms with E-state index in [0.29, 0.717) is 19.1 Å². The van der Waals surface area contributed by atoms with Gasteiger partial charge in [0.15, 0.2) is 0 Å². The fraction of sp³-hybridized carbons (Fsp3) is 0.500. The SMILES string of the molecule is CC(CCc1ccco1)NCC(O)Cn1cccn1. The van der Waals surface area contributed by atoms with Crippen LogP contribution in [0.2, 0.25) is 0 Å². The van der Waals surface area contributed by atoms with Crippen LogP contribution < -0.4 is 5.32 Å². The van der Waals surface area contributed by atoms with Crippen LogP contribution in [0.15, 0.2) is 41.3 Å². The lowest BCUT2D eigenvalue weighted by Gasteiger charge is -2.16. The molecule has 5 heteroatoms. The molecule has 2 atom stereocenters. The Morgan fingerprint density at radius 2 is 2.37 bits per heavy atom. The molecule has 2 aromatic rings. The summed E-state index contributed by atoms with van der Waals surface area (Å²) < 4.78 is 7.03. The number of nitrogens with zero attached hydrogens (tertiary/aromatic N) is 2. The lowest BCUT2D eigenvalue weighted by molar-refractivity contribution is 0.143. The fourth-order valence-electron chi connectivity index (χ4n) is 1.94. The summed E-state index contributed by atoms with van der Waals surface area (Å²) in [5.74, 6) is 1.01. The van der Waals surface area contributed by atoms with Crippen LogP contribution >= 0.6 is 0 Å². The van der Waals surface area contributed by atoms with E-state index >= 15 is 0 Å².